The van der Waals surface area contributed by atoms with E-state index >= 15 is 0 Å². The van der Waals surface area contributed by atoms with Gasteiger partial charge in [-0.3, -0.25) is 13.9 Å². The number of carbonyl (C=O) groups is 2. The number of nitrogens with one attached hydrogen (secondary N) is 1. The van der Waals surface area contributed by atoms with Gasteiger partial charge in [0.15, 0.2) is 0 Å². The SMILES string of the molecule is CCCNC(=O)C(Cc1ccccc1)N(Cc1ccccc1F)C(=O)CN(c1ccc(C)c(C)c1)S(C)(=O)=O. The molecule has 3 aromatic carbocycles. The van der Waals surface area contributed by atoms with Gasteiger partial charge in [-0.1, -0.05) is 61.5 Å². The topological polar surface area (TPSA) is 86.8 Å². The predicted molar refractivity (Wildman–Crippen MR) is 152 cm³/mol. The summed E-state index contributed by atoms with van der Waals surface area (Å²) in [4.78, 5) is 28.7. The lowest BCUT2D eigenvalue weighted by atomic mass is 10.0. The van der Waals surface area contributed by atoms with Gasteiger partial charge < -0.3 is 10.2 Å². The molecule has 39 heavy (non-hydrogen) atoms. The highest BCUT2D eigenvalue weighted by Crippen LogP contribution is 2.23. The number of hydrogen-bond acceptors (Lipinski definition) is 4. The van der Waals surface area contributed by atoms with Crippen molar-refractivity contribution in [1.82, 2.24) is 10.2 Å². The van der Waals surface area contributed by atoms with E-state index in [-0.39, 0.29) is 24.4 Å². The van der Waals surface area contributed by atoms with E-state index in [4.69, 9.17) is 0 Å². The van der Waals surface area contributed by atoms with Gasteiger partial charge in [-0.15, -0.1) is 0 Å². The van der Waals surface area contributed by atoms with Crippen LogP contribution >= 0.6 is 0 Å². The van der Waals surface area contributed by atoms with Crippen LogP contribution in [0, 0.1) is 19.7 Å². The minimum atomic E-state index is -3.86. The van der Waals surface area contributed by atoms with Gasteiger partial charge in [-0.25, -0.2) is 12.8 Å². The quantitative estimate of drug-likeness (QED) is 0.361. The van der Waals surface area contributed by atoms with Crippen molar-refractivity contribution < 1.29 is 22.4 Å². The van der Waals surface area contributed by atoms with Gasteiger partial charge in [0, 0.05) is 25.1 Å². The number of rotatable bonds is 12. The van der Waals surface area contributed by atoms with Gasteiger partial charge in [0.25, 0.3) is 0 Å². The number of hydrogen-bond donors (Lipinski definition) is 1. The number of halogens is 1. The number of nitrogens with zero attached hydrogens (tertiary/aromatic N) is 2. The molecule has 3 aromatic rings. The van der Waals surface area contributed by atoms with Crippen molar-refractivity contribution in [2.45, 2.75) is 46.2 Å². The molecular formula is C30H36FN3O4S. The average Bonchev–Trinajstić information content (AvgIpc) is 2.90. The Bertz CT molecular complexity index is 1400. The second kappa shape index (κ2) is 13.4. The maximum absolute atomic E-state index is 14.8. The van der Waals surface area contributed by atoms with Gasteiger partial charge in [-0.2, -0.15) is 0 Å². The van der Waals surface area contributed by atoms with Crippen LogP contribution in [0.2, 0.25) is 0 Å². The molecule has 208 valence electrons. The van der Waals surface area contributed by atoms with Gasteiger partial charge in [-0.05, 0) is 55.2 Å². The molecule has 1 atom stereocenters. The zero-order valence-corrected chi connectivity index (χ0v) is 23.7. The minimum Gasteiger partial charge on any atom is -0.354 e. The average molecular weight is 554 g/mol. The van der Waals surface area contributed by atoms with Crippen molar-refractivity contribution in [3.63, 3.8) is 0 Å². The second-order valence-corrected chi connectivity index (χ2v) is 11.6. The maximum Gasteiger partial charge on any atom is 0.244 e. The number of amides is 2. The van der Waals surface area contributed by atoms with Crippen LogP contribution in [0.5, 0.6) is 0 Å². The number of sulfonamides is 1. The van der Waals surface area contributed by atoms with Crippen LogP contribution in [0.1, 0.15) is 35.6 Å². The molecule has 3 rings (SSSR count). The van der Waals surface area contributed by atoms with Crippen LogP contribution in [0.15, 0.2) is 72.8 Å². The smallest absolute Gasteiger partial charge is 0.244 e. The maximum atomic E-state index is 14.8. The molecule has 0 radical (unpaired) electrons. The van der Waals surface area contributed by atoms with E-state index in [0.717, 1.165) is 27.3 Å². The Hall–Kier alpha value is -3.72. The molecule has 0 aliphatic rings. The third kappa shape index (κ3) is 8.13. The van der Waals surface area contributed by atoms with E-state index in [2.05, 4.69) is 5.32 Å². The number of aryl methyl sites for hydroxylation is 2. The lowest BCUT2D eigenvalue weighted by molar-refractivity contribution is -0.140. The summed E-state index contributed by atoms with van der Waals surface area (Å²) in [7, 11) is -3.86. The molecule has 1 N–H and O–H groups in total. The zero-order chi connectivity index (χ0) is 28.6. The highest BCUT2D eigenvalue weighted by atomic mass is 32.2. The predicted octanol–water partition coefficient (Wildman–Crippen LogP) is 4.37. The fourth-order valence-corrected chi connectivity index (χ4v) is 5.07. The van der Waals surface area contributed by atoms with Crippen molar-refractivity contribution in [2.75, 3.05) is 23.7 Å². The molecule has 0 aliphatic heterocycles. The van der Waals surface area contributed by atoms with Crippen LogP contribution in [0.4, 0.5) is 10.1 Å². The highest BCUT2D eigenvalue weighted by molar-refractivity contribution is 7.92. The molecule has 2 amide bonds. The molecule has 0 spiro atoms. The van der Waals surface area contributed by atoms with Crippen LogP contribution in [0.3, 0.4) is 0 Å². The van der Waals surface area contributed by atoms with Crippen LogP contribution in [0.25, 0.3) is 0 Å². The highest BCUT2D eigenvalue weighted by Gasteiger charge is 2.33. The van der Waals surface area contributed by atoms with E-state index in [1.54, 1.807) is 36.4 Å². The van der Waals surface area contributed by atoms with Crippen molar-refractivity contribution in [3.05, 3.63) is 101 Å². The van der Waals surface area contributed by atoms with E-state index in [9.17, 15) is 22.4 Å². The molecule has 0 bridgehead atoms. The first-order valence-corrected chi connectivity index (χ1v) is 14.8. The Balaban J connectivity index is 2.06. The minimum absolute atomic E-state index is 0.180. The molecule has 0 aromatic heterocycles. The van der Waals surface area contributed by atoms with E-state index < -0.39 is 34.3 Å². The molecular weight excluding hydrogens is 517 g/mol. The summed E-state index contributed by atoms with van der Waals surface area (Å²) in [6.45, 7) is 5.36. The van der Waals surface area contributed by atoms with Crippen molar-refractivity contribution in [1.29, 1.82) is 0 Å². The van der Waals surface area contributed by atoms with Crippen LogP contribution < -0.4 is 9.62 Å². The van der Waals surface area contributed by atoms with Gasteiger partial charge in [0.1, 0.15) is 18.4 Å². The summed E-state index contributed by atoms with van der Waals surface area (Å²) < 4.78 is 41.5. The first kappa shape index (κ1) is 29.8. The Morgan fingerprint density at radius 3 is 2.23 bits per heavy atom. The fourth-order valence-electron chi connectivity index (χ4n) is 4.22. The number of benzene rings is 3. The zero-order valence-electron chi connectivity index (χ0n) is 22.9. The van der Waals surface area contributed by atoms with Gasteiger partial charge >= 0.3 is 0 Å². The van der Waals surface area contributed by atoms with E-state index in [1.807, 2.05) is 51.1 Å². The summed E-state index contributed by atoms with van der Waals surface area (Å²) in [5.74, 6) is -1.52. The molecule has 0 heterocycles. The summed E-state index contributed by atoms with van der Waals surface area (Å²) in [6.07, 6.45) is 1.91. The first-order chi connectivity index (χ1) is 18.5. The Labute approximate surface area is 230 Å². The molecule has 1 unspecified atom stereocenters. The summed E-state index contributed by atoms with van der Waals surface area (Å²) >= 11 is 0. The summed E-state index contributed by atoms with van der Waals surface area (Å²) in [6, 6.07) is 19.4. The molecule has 7 nitrogen and oxygen atoms in total. The third-order valence-corrected chi connectivity index (χ3v) is 7.72. The van der Waals surface area contributed by atoms with Crippen molar-refractivity contribution in [2.24, 2.45) is 0 Å². The third-order valence-electron chi connectivity index (χ3n) is 6.58. The molecule has 0 saturated carbocycles. The summed E-state index contributed by atoms with van der Waals surface area (Å²) in [5.41, 5.74) is 3.24. The molecule has 9 heteroatoms. The lowest BCUT2D eigenvalue weighted by Gasteiger charge is -2.33. The van der Waals surface area contributed by atoms with E-state index in [0.29, 0.717) is 18.7 Å². The van der Waals surface area contributed by atoms with Crippen LogP contribution in [-0.2, 0) is 32.6 Å². The molecule has 0 aliphatic carbocycles. The Morgan fingerprint density at radius 2 is 1.62 bits per heavy atom. The van der Waals surface area contributed by atoms with Crippen LogP contribution in [-0.4, -0.2) is 50.5 Å². The first-order valence-electron chi connectivity index (χ1n) is 12.9. The van der Waals surface area contributed by atoms with Crippen molar-refractivity contribution in [3.8, 4) is 0 Å². The Morgan fingerprint density at radius 1 is 0.949 bits per heavy atom. The molecule has 0 saturated heterocycles. The largest absolute Gasteiger partial charge is 0.354 e. The Kier molecular flexibility index (Phi) is 10.2. The van der Waals surface area contributed by atoms with Gasteiger partial charge in [0.05, 0.1) is 11.9 Å². The molecule has 0 fully saturated rings. The fraction of sp³-hybridized carbons (Fsp3) is 0.333. The number of anilines is 1. The monoisotopic (exact) mass is 553 g/mol. The standard InChI is InChI=1S/C30H36FN3O4S/c1-5-17-32-30(36)28(19-24-11-7-6-8-12-24)33(20-25-13-9-10-14-27(25)31)29(35)21-34(39(4,37)38)26-16-15-22(2)23(3)18-26/h6-16,18,28H,5,17,19-21H2,1-4H3,(H,32,36). The van der Waals surface area contributed by atoms with E-state index in [1.165, 1.54) is 11.0 Å². The summed E-state index contributed by atoms with van der Waals surface area (Å²) in [5, 5.41) is 2.86. The van der Waals surface area contributed by atoms with Gasteiger partial charge in [0.2, 0.25) is 21.8 Å². The van der Waals surface area contributed by atoms with Crippen molar-refractivity contribution >= 4 is 27.5 Å². The lowest BCUT2D eigenvalue weighted by Crippen LogP contribution is -2.53. The number of carbonyl (C=O) groups excluding carboxylic acids is 2. The second-order valence-electron chi connectivity index (χ2n) is 9.65. The normalized spacial score (nSPS) is 12.0.